The fourth-order valence-electron chi connectivity index (χ4n) is 6.72. The van der Waals surface area contributed by atoms with Crippen molar-refractivity contribution >= 4 is 42.8 Å². The van der Waals surface area contributed by atoms with Crippen LogP contribution in [0.2, 0.25) is 0 Å². The lowest BCUT2D eigenvalue weighted by atomic mass is 9.87. The number of benzene rings is 1. The van der Waals surface area contributed by atoms with E-state index in [1.165, 1.54) is 18.7 Å². The largest absolute Gasteiger partial charge is 0.394 e. The Labute approximate surface area is 309 Å². The molecule has 16 nitrogen and oxygen atoms in total. The van der Waals surface area contributed by atoms with Gasteiger partial charge >= 0.3 is 7.60 Å². The number of Topliss-reactive ketones (excluding diaryl/α,β-unsaturated/α-hetero) is 2. The Morgan fingerprint density at radius 2 is 1.66 bits per heavy atom. The molecule has 292 valence electrons. The molecule has 1 fully saturated rings. The normalized spacial score (nSPS) is 17.4. The van der Waals surface area contributed by atoms with E-state index >= 15 is 0 Å². The van der Waals surface area contributed by atoms with Gasteiger partial charge in [-0.15, -0.1) is 0 Å². The van der Waals surface area contributed by atoms with Crippen LogP contribution in [0, 0.1) is 23.7 Å². The molecule has 1 aromatic carbocycles. The molecule has 6 atom stereocenters. The van der Waals surface area contributed by atoms with E-state index in [4.69, 9.17) is 5.73 Å². The molecule has 17 heteroatoms. The first-order chi connectivity index (χ1) is 24.9. The van der Waals surface area contributed by atoms with Gasteiger partial charge in [0.2, 0.25) is 23.6 Å². The maximum absolute atomic E-state index is 14.0. The molecule has 53 heavy (non-hydrogen) atoms. The molecule has 4 amide bonds. The van der Waals surface area contributed by atoms with Crippen molar-refractivity contribution in [3.63, 3.8) is 0 Å². The van der Waals surface area contributed by atoms with Gasteiger partial charge in [0.15, 0.2) is 11.6 Å². The lowest BCUT2D eigenvalue weighted by Gasteiger charge is -2.27. The summed E-state index contributed by atoms with van der Waals surface area (Å²) in [7, 11) is -4.55. The van der Waals surface area contributed by atoms with Gasteiger partial charge in [0.25, 0.3) is 0 Å². The predicted molar refractivity (Wildman–Crippen MR) is 194 cm³/mol. The van der Waals surface area contributed by atoms with E-state index < -0.39 is 92.0 Å². The Morgan fingerprint density at radius 3 is 2.25 bits per heavy atom. The van der Waals surface area contributed by atoms with Gasteiger partial charge in [-0.1, -0.05) is 51.1 Å². The number of imidazole rings is 1. The van der Waals surface area contributed by atoms with Crippen molar-refractivity contribution < 1.29 is 48.2 Å². The van der Waals surface area contributed by atoms with E-state index in [0.717, 1.165) is 5.56 Å². The van der Waals surface area contributed by atoms with Crippen LogP contribution in [0.1, 0.15) is 71.1 Å². The summed E-state index contributed by atoms with van der Waals surface area (Å²) in [4.78, 5) is 104. The summed E-state index contributed by atoms with van der Waals surface area (Å²) < 4.78 is 13.4. The highest BCUT2D eigenvalue weighted by Gasteiger charge is 2.37. The number of primary amides is 1. The fourth-order valence-corrected chi connectivity index (χ4v) is 7.73. The minimum absolute atomic E-state index is 0.0109. The number of ketones is 2. The third-order valence-electron chi connectivity index (χ3n) is 9.53. The molecule has 1 saturated heterocycles. The summed E-state index contributed by atoms with van der Waals surface area (Å²) in [5.41, 5.74) is 7.02. The van der Waals surface area contributed by atoms with Crippen LogP contribution < -0.4 is 16.4 Å². The van der Waals surface area contributed by atoms with Gasteiger partial charge in [-0.25, -0.2) is 4.98 Å². The molecule has 7 N–H and O–H groups in total. The molecular formula is C36H53N6O10P. The van der Waals surface area contributed by atoms with Gasteiger partial charge in [-0.05, 0) is 36.7 Å². The van der Waals surface area contributed by atoms with E-state index in [0.29, 0.717) is 31.6 Å². The number of amides is 4. The number of aliphatic hydroxyl groups is 1. The summed E-state index contributed by atoms with van der Waals surface area (Å²) in [6.07, 6.45) is 2.83. The van der Waals surface area contributed by atoms with Crippen LogP contribution in [0.3, 0.4) is 0 Å². The van der Waals surface area contributed by atoms with Gasteiger partial charge in [-0.2, -0.15) is 0 Å². The van der Waals surface area contributed by atoms with Gasteiger partial charge in [0, 0.05) is 57.1 Å². The smallest absolute Gasteiger partial charge is 0.325 e. The molecule has 2 heterocycles. The number of nitrogens with zero attached hydrogens (tertiary/aromatic N) is 3. The number of hydrogen-bond acceptors (Lipinski definition) is 9. The Kier molecular flexibility index (Phi) is 16.1. The zero-order valence-corrected chi connectivity index (χ0v) is 31.6. The molecule has 1 aliphatic heterocycles. The number of likely N-dealkylation sites (tertiary alicyclic amines) is 1. The lowest BCUT2D eigenvalue weighted by Crippen LogP contribution is -2.52. The van der Waals surface area contributed by atoms with Crippen molar-refractivity contribution in [2.75, 3.05) is 19.3 Å². The van der Waals surface area contributed by atoms with Crippen molar-refractivity contribution in [2.24, 2.45) is 29.4 Å². The number of nitrogens with one attached hydrogen (secondary N) is 2. The maximum atomic E-state index is 14.0. The molecule has 1 aliphatic rings. The minimum atomic E-state index is -4.55. The van der Waals surface area contributed by atoms with Gasteiger partial charge in [-0.3, -0.25) is 33.3 Å². The highest BCUT2D eigenvalue weighted by atomic mass is 31.2. The SMILES string of the molecule is CC(=O)N1CCC[C@H]1C(=O)N[C@@H](CC(C)C)C(=O)C[C@@H](Cc1cncn1Cc1ccccc1)C(=O)N[C@@H](CO)C(=O)C[C@H](C(N)=O)[C@@H](C)CP(=O)(O)O. The van der Waals surface area contributed by atoms with Crippen LogP contribution in [0.15, 0.2) is 42.9 Å². The van der Waals surface area contributed by atoms with Crippen molar-refractivity contribution in [3.05, 3.63) is 54.1 Å². The predicted octanol–water partition coefficient (Wildman–Crippen LogP) is 0.943. The van der Waals surface area contributed by atoms with E-state index in [9.17, 15) is 48.2 Å². The zero-order valence-electron chi connectivity index (χ0n) is 30.7. The monoisotopic (exact) mass is 760 g/mol. The number of aliphatic hydroxyl groups excluding tert-OH is 1. The van der Waals surface area contributed by atoms with Crippen LogP contribution in [0.25, 0.3) is 0 Å². The second-order valence-corrected chi connectivity index (χ2v) is 16.1. The summed E-state index contributed by atoms with van der Waals surface area (Å²) in [5.74, 6) is -7.08. The third-order valence-corrected chi connectivity index (χ3v) is 10.6. The van der Waals surface area contributed by atoms with E-state index in [2.05, 4.69) is 15.6 Å². The molecule has 0 radical (unpaired) electrons. The standard InChI is InChI=1S/C36H53N6O10P/c1-22(2)13-29(39-36(49)31-11-8-12-42(31)24(4)44)32(45)15-26(14-27-17-38-21-41(27)18-25-9-6-5-7-10-25)35(48)40-30(19-43)33(46)16-28(34(37)47)23(3)20-53(50,51)52/h5-7,9-10,17,21-23,26,28-31,43H,8,11-16,18-20H2,1-4H3,(H2,37,47)(H,39,49)(H,40,48)(H2,50,51,52)/t23-,26+,28-,29-,30-,31-/m0/s1. The first kappa shape index (κ1) is 43.2. The van der Waals surface area contributed by atoms with E-state index in [1.54, 1.807) is 12.5 Å². The lowest BCUT2D eigenvalue weighted by molar-refractivity contribution is -0.138. The first-order valence-electron chi connectivity index (χ1n) is 17.8. The minimum Gasteiger partial charge on any atom is -0.394 e. The molecule has 3 rings (SSSR count). The fraction of sp³-hybridized carbons (Fsp3) is 0.583. The highest BCUT2D eigenvalue weighted by Crippen LogP contribution is 2.39. The van der Waals surface area contributed by atoms with Crippen LogP contribution in [-0.2, 0) is 46.3 Å². The summed E-state index contributed by atoms with van der Waals surface area (Å²) >= 11 is 0. The van der Waals surface area contributed by atoms with E-state index in [-0.39, 0.29) is 31.1 Å². The molecule has 1 aromatic heterocycles. The number of carbonyl (C=O) groups excluding carboxylic acids is 6. The Balaban J connectivity index is 1.88. The van der Waals surface area contributed by atoms with Gasteiger partial charge in [0.05, 0.1) is 31.1 Å². The summed E-state index contributed by atoms with van der Waals surface area (Å²) in [5, 5.41) is 15.5. The van der Waals surface area contributed by atoms with E-state index in [1.807, 2.05) is 48.7 Å². The summed E-state index contributed by atoms with van der Waals surface area (Å²) in [6.45, 7) is 6.50. The number of nitrogens with two attached hydrogens (primary N) is 1. The third kappa shape index (κ3) is 13.3. The topological polar surface area (TPSA) is 251 Å². The van der Waals surface area contributed by atoms with Crippen LogP contribution in [-0.4, -0.2) is 102 Å². The molecule has 0 aliphatic carbocycles. The van der Waals surface area contributed by atoms with Crippen molar-refractivity contribution in [1.29, 1.82) is 0 Å². The molecule has 2 aromatic rings. The second-order valence-electron chi connectivity index (χ2n) is 14.4. The van der Waals surface area contributed by atoms with Gasteiger partial charge < -0.3 is 40.7 Å². The number of rotatable bonds is 21. The zero-order chi connectivity index (χ0) is 39.5. The molecular weight excluding hydrogens is 707 g/mol. The first-order valence-corrected chi connectivity index (χ1v) is 19.6. The second kappa shape index (κ2) is 19.7. The highest BCUT2D eigenvalue weighted by molar-refractivity contribution is 7.51. The Bertz CT molecular complexity index is 1640. The average Bonchev–Trinajstić information content (AvgIpc) is 3.74. The Morgan fingerprint density at radius 1 is 1.00 bits per heavy atom. The van der Waals surface area contributed by atoms with Crippen molar-refractivity contribution in [3.8, 4) is 0 Å². The molecule has 0 spiro atoms. The maximum Gasteiger partial charge on any atom is 0.325 e. The molecule has 0 unspecified atom stereocenters. The number of aromatic nitrogens is 2. The molecule has 0 bridgehead atoms. The van der Waals surface area contributed by atoms with Crippen LogP contribution in [0.5, 0.6) is 0 Å². The average molecular weight is 761 g/mol. The number of hydrogen-bond donors (Lipinski definition) is 6. The Hall–Kier alpha value is -4.24. The van der Waals surface area contributed by atoms with Crippen LogP contribution in [0.4, 0.5) is 0 Å². The molecule has 0 saturated carbocycles. The van der Waals surface area contributed by atoms with Crippen molar-refractivity contribution in [2.45, 2.75) is 90.9 Å². The summed E-state index contributed by atoms with van der Waals surface area (Å²) in [6, 6.07) is 6.26. The van der Waals surface area contributed by atoms with Crippen molar-refractivity contribution in [1.82, 2.24) is 25.1 Å². The quantitative estimate of drug-likeness (QED) is 0.0977. The van der Waals surface area contributed by atoms with Crippen LogP contribution >= 0.6 is 7.60 Å². The van der Waals surface area contributed by atoms with Gasteiger partial charge in [0.1, 0.15) is 12.1 Å². The number of carbonyl (C=O) groups is 6.